The van der Waals surface area contributed by atoms with Crippen molar-refractivity contribution in [2.24, 2.45) is 0 Å². The van der Waals surface area contributed by atoms with E-state index in [1.54, 1.807) is 16.4 Å². The van der Waals surface area contributed by atoms with Crippen LogP contribution in [0, 0.1) is 6.92 Å². The topological polar surface area (TPSA) is 54.3 Å². The Labute approximate surface area is 160 Å². The van der Waals surface area contributed by atoms with Gasteiger partial charge in [0.15, 0.2) is 0 Å². The molecule has 1 aromatic heterocycles. The molecule has 142 valence electrons. The van der Waals surface area contributed by atoms with Crippen LogP contribution in [0.25, 0.3) is 10.9 Å². The number of benzene rings is 2. The van der Waals surface area contributed by atoms with Crippen molar-refractivity contribution in [3.63, 3.8) is 0 Å². The highest BCUT2D eigenvalue weighted by molar-refractivity contribution is 7.89. The molecule has 0 atom stereocenters. The maximum absolute atomic E-state index is 13.0. The third-order valence-corrected chi connectivity index (χ3v) is 7.01. The molecule has 27 heavy (non-hydrogen) atoms. The molecule has 1 saturated heterocycles. The number of hydrogen-bond donors (Lipinski definition) is 1. The Morgan fingerprint density at radius 1 is 1.04 bits per heavy atom. The second-order valence-corrected chi connectivity index (χ2v) is 9.10. The summed E-state index contributed by atoms with van der Waals surface area (Å²) in [6.45, 7) is 5.53. The Balaban J connectivity index is 1.63. The van der Waals surface area contributed by atoms with E-state index in [1.165, 1.54) is 11.1 Å². The average Bonchev–Trinajstić information content (AvgIpc) is 2.86. The molecule has 2 heterocycles. The van der Waals surface area contributed by atoms with Crippen molar-refractivity contribution in [1.29, 1.82) is 0 Å². The van der Waals surface area contributed by atoms with E-state index in [0.717, 1.165) is 30.4 Å². The van der Waals surface area contributed by atoms with E-state index in [4.69, 9.17) is 0 Å². The van der Waals surface area contributed by atoms with Crippen LogP contribution >= 0.6 is 0 Å². The van der Waals surface area contributed by atoms with Gasteiger partial charge in [-0.25, -0.2) is 8.42 Å². The van der Waals surface area contributed by atoms with Gasteiger partial charge in [0, 0.05) is 43.3 Å². The molecule has 0 unspecified atom stereocenters. The van der Waals surface area contributed by atoms with Gasteiger partial charge in [-0.15, -0.1) is 0 Å². The predicted octanol–water partition coefficient (Wildman–Crippen LogP) is 2.98. The number of aryl methyl sites for hydroxylation is 1. The maximum atomic E-state index is 13.0. The van der Waals surface area contributed by atoms with Crippen LogP contribution in [0.2, 0.25) is 0 Å². The first-order valence-corrected chi connectivity index (χ1v) is 10.8. The van der Waals surface area contributed by atoms with E-state index in [9.17, 15) is 8.42 Å². The minimum Gasteiger partial charge on any atom is -0.343 e. The molecule has 0 radical (unpaired) electrons. The van der Waals surface area contributed by atoms with E-state index in [-0.39, 0.29) is 0 Å². The molecular formula is C21H25N3O2S. The molecule has 0 spiro atoms. The first kappa shape index (κ1) is 18.2. The maximum Gasteiger partial charge on any atom is 0.243 e. The molecule has 1 aliphatic rings. The summed E-state index contributed by atoms with van der Waals surface area (Å²) in [5, 5.41) is 4.21. The van der Waals surface area contributed by atoms with Crippen LogP contribution in [0.15, 0.2) is 59.6 Å². The van der Waals surface area contributed by atoms with Crippen molar-refractivity contribution in [3.8, 4) is 0 Å². The second-order valence-electron chi connectivity index (χ2n) is 7.16. The number of aromatic nitrogens is 1. The van der Waals surface area contributed by atoms with Gasteiger partial charge in [-0.05, 0) is 49.7 Å². The van der Waals surface area contributed by atoms with Gasteiger partial charge in [0.05, 0.1) is 4.90 Å². The lowest BCUT2D eigenvalue weighted by molar-refractivity contribution is 0.432. The number of hydrogen-bond acceptors (Lipinski definition) is 3. The summed E-state index contributed by atoms with van der Waals surface area (Å²) in [6, 6.07) is 15.9. The van der Waals surface area contributed by atoms with E-state index < -0.39 is 10.0 Å². The summed E-state index contributed by atoms with van der Waals surface area (Å²) in [5.41, 5.74) is 3.53. The van der Waals surface area contributed by atoms with Gasteiger partial charge in [-0.3, -0.25) is 0 Å². The molecule has 5 nitrogen and oxygen atoms in total. The number of nitrogens with zero attached hydrogens (tertiary/aromatic N) is 2. The summed E-state index contributed by atoms with van der Waals surface area (Å²) in [5.74, 6) is 0. The molecule has 2 aromatic carbocycles. The van der Waals surface area contributed by atoms with Gasteiger partial charge in [0.1, 0.15) is 0 Å². The number of fused-ring (bicyclic) bond motifs is 1. The zero-order valence-corrected chi connectivity index (χ0v) is 16.4. The normalized spacial score (nSPS) is 16.5. The molecule has 0 bridgehead atoms. The van der Waals surface area contributed by atoms with E-state index in [2.05, 4.69) is 41.1 Å². The van der Waals surface area contributed by atoms with Crippen LogP contribution in [0.5, 0.6) is 0 Å². The highest BCUT2D eigenvalue weighted by Gasteiger charge is 2.25. The Morgan fingerprint density at radius 2 is 1.93 bits per heavy atom. The SMILES string of the molecule is Cc1cccc(Cn2ccc3cc(S(=O)(=O)N4CCCNCC4)ccc32)c1. The van der Waals surface area contributed by atoms with Gasteiger partial charge < -0.3 is 9.88 Å². The van der Waals surface area contributed by atoms with Gasteiger partial charge in [-0.2, -0.15) is 4.31 Å². The number of sulfonamides is 1. The third-order valence-electron chi connectivity index (χ3n) is 5.11. The molecular weight excluding hydrogens is 358 g/mol. The van der Waals surface area contributed by atoms with Crippen LogP contribution < -0.4 is 5.32 Å². The highest BCUT2D eigenvalue weighted by atomic mass is 32.2. The first-order chi connectivity index (χ1) is 13.0. The van der Waals surface area contributed by atoms with Crippen LogP contribution in [0.1, 0.15) is 17.5 Å². The van der Waals surface area contributed by atoms with Gasteiger partial charge in [0.25, 0.3) is 0 Å². The van der Waals surface area contributed by atoms with Crippen molar-refractivity contribution in [1.82, 2.24) is 14.2 Å². The van der Waals surface area contributed by atoms with E-state index in [1.807, 2.05) is 18.3 Å². The largest absolute Gasteiger partial charge is 0.343 e. The van der Waals surface area contributed by atoms with Crippen molar-refractivity contribution in [2.75, 3.05) is 26.2 Å². The summed E-state index contributed by atoms with van der Waals surface area (Å²) < 4.78 is 29.8. The molecule has 1 N–H and O–H groups in total. The fraction of sp³-hybridized carbons (Fsp3) is 0.333. The Hall–Kier alpha value is -2.15. The molecule has 0 saturated carbocycles. The Morgan fingerprint density at radius 3 is 2.78 bits per heavy atom. The van der Waals surface area contributed by atoms with Crippen molar-refractivity contribution < 1.29 is 8.42 Å². The quantitative estimate of drug-likeness (QED) is 0.754. The van der Waals surface area contributed by atoms with Crippen molar-refractivity contribution >= 4 is 20.9 Å². The second kappa shape index (κ2) is 7.46. The fourth-order valence-corrected chi connectivity index (χ4v) is 5.21. The minimum atomic E-state index is -3.45. The summed E-state index contributed by atoms with van der Waals surface area (Å²) >= 11 is 0. The fourth-order valence-electron chi connectivity index (χ4n) is 3.69. The lowest BCUT2D eigenvalue weighted by Crippen LogP contribution is -2.34. The molecule has 1 aliphatic heterocycles. The van der Waals surface area contributed by atoms with Crippen molar-refractivity contribution in [2.45, 2.75) is 24.8 Å². The van der Waals surface area contributed by atoms with E-state index in [0.29, 0.717) is 24.5 Å². The van der Waals surface area contributed by atoms with Crippen LogP contribution in [0.4, 0.5) is 0 Å². The first-order valence-electron chi connectivity index (χ1n) is 9.39. The monoisotopic (exact) mass is 383 g/mol. The molecule has 0 aliphatic carbocycles. The molecule has 6 heteroatoms. The summed E-state index contributed by atoms with van der Waals surface area (Å²) in [6.07, 6.45) is 2.87. The predicted molar refractivity (Wildman–Crippen MR) is 108 cm³/mol. The Bertz CT molecular complexity index is 1050. The number of nitrogens with one attached hydrogen (secondary N) is 1. The summed E-state index contributed by atoms with van der Waals surface area (Å²) in [4.78, 5) is 0.380. The highest BCUT2D eigenvalue weighted by Crippen LogP contribution is 2.24. The molecule has 0 amide bonds. The van der Waals surface area contributed by atoms with Crippen LogP contribution in [0.3, 0.4) is 0 Å². The summed E-state index contributed by atoms with van der Waals surface area (Å²) in [7, 11) is -3.45. The third kappa shape index (κ3) is 3.78. The zero-order chi connectivity index (χ0) is 18.9. The van der Waals surface area contributed by atoms with Gasteiger partial charge in [-0.1, -0.05) is 29.8 Å². The van der Waals surface area contributed by atoms with Crippen LogP contribution in [-0.2, 0) is 16.6 Å². The van der Waals surface area contributed by atoms with Gasteiger partial charge >= 0.3 is 0 Å². The standard InChI is InChI=1S/C21H25N3O2S/c1-17-4-2-5-18(14-17)16-23-12-8-19-15-20(6-7-21(19)23)27(25,26)24-11-3-9-22-10-13-24/h2,4-8,12,14-15,22H,3,9-11,13,16H2,1H3. The van der Waals surface area contributed by atoms with E-state index >= 15 is 0 Å². The smallest absolute Gasteiger partial charge is 0.243 e. The Kier molecular flexibility index (Phi) is 5.04. The molecule has 4 rings (SSSR count). The minimum absolute atomic E-state index is 0.380. The number of rotatable bonds is 4. The average molecular weight is 384 g/mol. The van der Waals surface area contributed by atoms with Crippen LogP contribution in [-0.4, -0.2) is 43.5 Å². The molecule has 3 aromatic rings. The zero-order valence-electron chi connectivity index (χ0n) is 15.6. The van der Waals surface area contributed by atoms with Gasteiger partial charge in [0.2, 0.25) is 10.0 Å². The lowest BCUT2D eigenvalue weighted by atomic mass is 10.1. The molecule has 1 fully saturated rings. The lowest BCUT2D eigenvalue weighted by Gasteiger charge is -2.19. The van der Waals surface area contributed by atoms with Crippen molar-refractivity contribution in [3.05, 3.63) is 65.9 Å².